The van der Waals surface area contributed by atoms with E-state index in [9.17, 15) is 19.2 Å². The number of ether oxygens (including phenoxy) is 1. The lowest BCUT2D eigenvalue weighted by Gasteiger charge is -2.35. The molecule has 39 heavy (non-hydrogen) atoms. The number of rotatable bonds is 7. The van der Waals surface area contributed by atoms with Crippen LogP contribution in [-0.4, -0.2) is 63.0 Å². The number of fused-ring (bicyclic) bond motifs is 2. The minimum Gasteiger partial charge on any atom is -0.495 e. The highest BCUT2D eigenvalue weighted by Crippen LogP contribution is 2.45. The van der Waals surface area contributed by atoms with Crippen LogP contribution in [0.5, 0.6) is 5.75 Å². The SMILES string of the molecule is COc1cnc2c(c1)c(C1CC1)nn2[C@H]1C[C@H](CNc2ccc3c(c2)C(=O)N(C2CCC(=O)NC2=O)C3=O)C1. The number of aromatic nitrogens is 3. The van der Waals surface area contributed by atoms with Crippen LogP contribution in [0.3, 0.4) is 0 Å². The fourth-order valence-electron chi connectivity index (χ4n) is 5.96. The second-order valence-corrected chi connectivity index (χ2v) is 10.9. The van der Waals surface area contributed by atoms with Gasteiger partial charge in [-0.2, -0.15) is 5.10 Å². The van der Waals surface area contributed by atoms with Crippen molar-refractivity contribution in [2.75, 3.05) is 19.0 Å². The van der Waals surface area contributed by atoms with Gasteiger partial charge in [-0.15, -0.1) is 0 Å². The Balaban J connectivity index is 1.01. The van der Waals surface area contributed by atoms with Crippen molar-refractivity contribution >= 4 is 40.3 Å². The number of benzene rings is 1. The van der Waals surface area contributed by atoms with Gasteiger partial charge >= 0.3 is 0 Å². The van der Waals surface area contributed by atoms with E-state index in [2.05, 4.69) is 20.3 Å². The van der Waals surface area contributed by atoms with Crippen molar-refractivity contribution in [3.8, 4) is 5.75 Å². The Labute approximate surface area is 223 Å². The molecule has 1 atom stereocenters. The van der Waals surface area contributed by atoms with Gasteiger partial charge in [0.15, 0.2) is 5.65 Å². The molecule has 200 valence electrons. The molecule has 3 fully saturated rings. The largest absolute Gasteiger partial charge is 0.495 e. The molecule has 3 aromatic rings. The molecule has 7 rings (SSSR count). The van der Waals surface area contributed by atoms with Gasteiger partial charge in [0, 0.05) is 30.0 Å². The summed E-state index contributed by atoms with van der Waals surface area (Å²) in [5, 5.41) is 11.7. The Bertz CT molecular complexity index is 1550. The second kappa shape index (κ2) is 8.89. The van der Waals surface area contributed by atoms with Gasteiger partial charge in [0.05, 0.1) is 36.2 Å². The zero-order chi connectivity index (χ0) is 26.8. The smallest absolute Gasteiger partial charge is 0.262 e. The molecule has 4 aliphatic rings. The number of nitrogens with one attached hydrogen (secondary N) is 2. The monoisotopic (exact) mass is 528 g/mol. The summed E-state index contributed by atoms with van der Waals surface area (Å²) in [7, 11) is 1.65. The van der Waals surface area contributed by atoms with E-state index in [1.165, 1.54) is 12.8 Å². The summed E-state index contributed by atoms with van der Waals surface area (Å²) in [6.45, 7) is 0.726. The Kier molecular flexibility index (Phi) is 5.43. The first-order valence-electron chi connectivity index (χ1n) is 13.4. The molecule has 2 saturated carbocycles. The fourth-order valence-corrected chi connectivity index (χ4v) is 5.96. The van der Waals surface area contributed by atoms with Crippen LogP contribution in [0.2, 0.25) is 0 Å². The van der Waals surface area contributed by atoms with Crippen LogP contribution in [0, 0.1) is 5.92 Å². The second-order valence-electron chi connectivity index (χ2n) is 10.9. The summed E-state index contributed by atoms with van der Waals surface area (Å²) in [6, 6.07) is 6.45. The molecule has 2 aromatic heterocycles. The van der Waals surface area contributed by atoms with Crippen molar-refractivity contribution in [1.29, 1.82) is 0 Å². The number of anilines is 1. The summed E-state index contributed by atoms with van der Waals surface area (Å²) >= 11 is 0. The summed E-state index contributed by atoms with van der Waals surface area (Å²) in [5.41, 5.74) is 3.34. The maximum atomic E-state index is 13.1. The lowest BCUT2D eigenvalue weighted by Crippen LogP contribution is -2.54. The van der Waals surface area contributed by atoms with Crippen molar-refractivity contribution in [3.63, 3.8) is 0 Å². The summed E-state index contributed by atoms with van der Waals surface area (Å²) in [6.07, 6.45) is 6.25. The number of piperidine rings is 1. The molecule has 2 aliphatic carbocycles. The number of carbonyl (C=O) groups is 4. The van der Waals surface area contributed by atoms with E-state index in [0.717, 1.165) is 52.5 Å². The van der Waals surface area contributed by atoms with Crippen molar-refractivity contribution in [3.05, 3.63) is 47.3 Å². The summed E-state index contributed by atoms with van der Waals surface area (Å²) in [4.78, 5) is 55.4. The lowest BCUT2D eigenvalue weighted by molar-refractivity contribution is -0.136. The molecule has 4 amide bonds. The Morgan fingerprint density at radius 1 is 1.05 bits per heavy atom. The standard InChI is InChI=1S/C28H28N6O5/c1-39-18-11-21-24(15-2-3-15)32-34(25(21)30-13-18)17-8-14(9-17)12-29-16-4-5-19-20(10-16)28(38)33(27(19)37)22-6-7-23(35)31-26(22)36/h4-5,10-11,13-15,17,22,29H,2-3,6-9,12H2,1H3,(H,31,35,36)/t14-,17-,22?. The van der Waals surface area contributed by atoms with Crippen LogP contribution >= 0.6 is 0 Å². The van der Waals surface area contributed by atoms with E-state index in [1.807, 2.05) is 6.07 Å². The minimum absolute atomic E-state index is 0.0967. The molecule has 0 radical (unpaired) electrons. The van der Waals surface area contributed by atoms with E-state index in [-0.39, 0.29) is 30.0 Å². The van der Waals surface area contributed by atoms with Gasteiger partial charge in [-0.05, 0) is 62.3 Å². The molecule has 0 spiro atoms. The van der Waals surface area contributed by atoms with Crippen LogP contribution in [0.15, 0.2) is 30.5 Å². The van der Waals surface area contributed by atoms with E-state index >= 15 is 0 Å². The van der Waals surface area contributed by atoms with Gasteiger partial charge in [0.1, 0.15) is 11.8 Å². The first-order chi connectivity index (χ1) is 18.9. The average molecular weight is 529 g/mol. The van der Waals surface area contributed by atoms with E-state index in [0.29, 0.717) is 11.8 Å². The third-order valence-electron chi connectivity index (χ3n) is 8.34. The molecule has 1 unspecified atom stereocenters. The Morgan fingerprint density at radius 2 is 1.85 bits per heavy atom. The topological polar surface area (TPSA) is 136 Å². The van der Waals surface area contributed by atoms with Crippen LogP contribution in [0.1, 0.15) is 76.9 Å². The molecule has 1 saturated heterocycles. The third-order valence-corrected chi connectivity index (χ3v) is 8.34. The molecular weight excluding hydrogens is 500 g/mol. The number of hydrogen-bond donors (Lipinski definition) is 2. The minimum atomic E-state index is -0.965. The van der Waals surface area contributed by atoms with Crippen molar-refractivity contribution in [2.24, 2.45) is 5.92 Å². The molecule has 4 heterocycles. The van der Waals surface area contributed by atoms with Gasteiger partial charge in [0.2, 0.25) is 11.8 Å². The zero-order valence-corrected chi connectivity index (χ0v) is 21.5. The first kappa shape index (κ1) is 23.8. The Morgan fingerprint density at radius 3 is 2.59 bits per heavy atom. The normalized spacial score (nSPS) is 24.5. The Hall–Kier alpha value is -4.28. The molecular formula is C28H28N6O5. The van der Waals surface area contributed by atoms with Gasteiger partial charge in [0.25, 0.3) is 11.8 Å². The van der Waals surface area contributed by atoms with Crippen LogP contribution in [0.25, 0.3) is 11.0 Å². The van der Waals surface area contributed by atoms with Crippen LogP contribution < -0.4 is 15.4 Å². The predicted octanol–water partition coefficient (Wildman–Crippen LogP) is 2.78. The van der Waals surface area contributed by atoms with Gasteiger partial charge in [-0.25, -0.2) is 9.67 Å². The number of imide groups is 2. The highest BCUT2D eigenvalue weighted by Gasteiger charge is 2.44. The first-order valence-corrected chi connectivity index (χ1v) is 13.4. The number of pyridine rings is 1. The van der Waals surface area contributed by atoms with Gasteiger partial charge < -0.3 is 10.1 Å². The fraction of sp³-hybridized carbons (Fsp3) is 0.429. The van der Waals surface area contributed by atoms with E-state index < -0.39 is 29.7 Å². The summed E-state index contributed by atoms with van der Waals surface area (Å²) < 4.78 is 7.47. The third kappa shape index (κ3) is 3.95. The predicted molar refractivity (Wildman–Crippen MR) is 139 cm³/mol. The maximum Gasteiger partial charge on any atom is 0.262 e. The maximum absolute atomic E-state index is 13.1. The lowest BCUT2D eigenvalue weighted by atomic mass is 9.80. The van der Waals surface area contributed by atoms with Gasteiger partial charge in [-0.1, -0.05) is 0 Å². The van der Waals surface area contributed by atoms with Crippen molar-refractivity contribution < 1.29 is 23.9 Å². The van der Waals surface area contributed by atoms with Crippen LogP contribution in [-0.2, 0) is 9.59 Å². The molecule has 0 bridgehead atoms. The zero-order valence-electron chi connectivity index (χ0n) is 21.5. The molecule has 2 N–H and O–H groups in total. The van der Waals surface area contributed by atoms with Crippen molar-refractivity contribution in [1.82, 2.24) is 25.0 Å². The van der Waals surface area contributed by atoms with E-state index in [1.54, 1.807) is 31.5 Å². The molecule has 1 aromatic carbocycles. The average Bonchev–Trinajstić information content (AvgIpc) is 3.64. The number of nitrogens with zero attached hydrogens (tertiary/aromatic N) is 4. The van der Waals surface area contributed by atoms with Crippen molar-refractivity contribution in [2.45, 2.75) is 56.5 Å². The number of amides is 4. The van der Waals surface area contributed by atoms with Gasteiger partial charge in [-0.3, -0.25) is 29.4 Å². The highest BCUT2D eigenvalue weighted by atomic mass is 16.5. The van der Waals surface area contributed by atoms with E-state index in [4.69, 9.17) is 9.84 Å². The quantitative estimate of drug-likeness (QED) is 0.447. The molecule has 2 aliphatic heterocycles. The number of carbonyl (C=O) groups excluding carboxylic acids is 4. The number of hydrogen-bond acceptors (Lipinski definition) is 8. The highest BCUT2D eigenvalue weighted by molar-refractivity contribution is 6.23. The summed E-state index contributed by atoms with van der Waals surface area (Å²) in [5.74, 6) is -0.308. The van der Waals surface area contributed by atoms with Crippen LogP contribution in [0.4, 0.5) is 5.69 Å². The number of methoxy groups -OCH3 is 1. The molecule has 11 heteroatoms. The molecule has 11 nitrogen and oxygen atoms in total.